The maximum atomic E-state index is 11.2. The van der Waals surface area contributed by atoms with Crippen molar-refractivity contribution in [3.8, 4) is 5.75 Å². The lowest BCUT2D eigenvalue weighted by molar-refractivity contribution is 0.0648. The van der Waals surface area contributed by atoms with Crippen molar-refractivity contribution in [2.75, 3.05) is 0 Å². The van der Waals surface area contributed by atoms with Gasteiger partial charge in [-0.2, -0.15) is 0 Å². The van der Waals surface area contributed by atoms with E-state index in [4.69, 9.17) is 10.2 Å². The lowest BCUT2D eigenvalue weighted by atomic mass is 9.98. The van der Waals surface area contributed by atoms with E-state index >= 15 is 0 Å². The lowest BCUT2D eigenvalue weighted by Gasteiger charge is -2.10. The van der Waals surface area contributed by atoms with Gasteiger partial charge in [-0.25, -0.2) is 9.59 Å². The SMILES string of the molecule is CCCCCCCCCCCCc1ccc(C(=O)O)c(C(=O)O)c1O. The summed E-state index contributed by atoms with van der Waals surface area (Å²) in [6.45, 7) is 2.21. The van der Waals surface area contributed by atoms with Crippen LogP contribution >= 0.6 is 0 Å². The van der Waals surface area contributed by atoms with Crippen LogP contribution in [0, 0.1) is 0 Å². The van der Waals surface area contributed by atoms with E-state index in [-0.39, 0.29) is 5.56 Å². The molecule has 5 nitrogen and oxygen atoms in total. The standard InChI is InChI=1S/C20H30O5/c1-2-3-4-5-6-7-8-9-10-11-12-15-13-14-16(19(22)23)17(18(15)21)20(24)25/h13-14,21H,2-12H2,1H3,(H,22,23)(H,24,25). The Morgan fingerprint density at radius 3 is 1.80 bits per heavy atom. The molecule has 1 rings (SSSR count). The second-order valence-electron chi connectivity index (χ2n) is 6.54. The fourth-order valence-electron chi connectivity index (χ4n) is 3.03. The number of aromatic hydroxyl groups is 1. The highest BCUT2D eigenvalue weighted by molar-refractivity contribution is 6.04. The summed E-state index contributed by atoms with van der Waals surface area (Å²) in [4.78, 5) is 22.3. The molecule has 0 amide bonds. The Kier molecular flexibility index (Phi) is 9.66. The van der Waals surface area contributed by atoms with Crippen LogP contribution in [0.15, 0.2) is 12.1 Å². The summed E-state index contributed by atoms with van der Waals surface area (Å²) in [5.74, 6) is -3.18. The Hall–Kier alpha value is -2.04. The Balaban J connectivity index is 2.37. The summed E-state index contributed by atoms with van der Waals surface area (Å²) in [7, 11) is 0. The average Bonchev–Trinajstić information content (AvgIpc) is 2.56. The van der Waals surface area contributed by atoms with Crippen molar-refractivity contribution in [1.29, 1.82) is 0 Å². The minimum absolute atomic E-state index is 0.378. The summed E-state index contributed by atoms with van der Waals surface area (Å²) in [5.41, 5.74) is -0.393. The van der Waals surface area contributed by atoms with E-state index in [1.165, 1.54) is 57.1 Å². The van der Waals surface area contributed by atoms with Gasteiger partial charge in [-0.15, -0.1) is 0 Å². The first-order valence-electron chi connectivity index (χ1n) is 9.30. The summed E-state index contributed by atoms with van der Waals surface area (Å²) in [5, 5.41) is 28.3. The number of carboxylic acids is 2. The Morgan fingerprint density at radius 2 is 1.32 bits per heavy atom. The number of carbonyl (C=O) groups is 2. The molecular weight excluding hydrogens is 320 g/mol. The normalized spacial score (nSPS) is 10.8. The molecule has 1 aromatic rings. The molecule has 0 aliphatic rings. The van der Waals surface area contributed by atoms with Gasteiger partial charge in [-0.05, 0) is 24.5 Å². The first-order valence-corrected chi connectivity index (χ1v) is 9.30. The summed E-state index contributed by atoms with van der Waals surface area (Å²) in [6.07, 6.45) is 12.6. The minimum Gasteiger partial charge on any atom is -0.507 e. The van der Waals surface area contributed by atoms with E-state index in [2.05, 4.69) is 6.92 Å². The third kappa shape index (κ3) is 7.16. The molecule has 5 heteroatoms. The number of hydrogen-bond donors (Lipinski definition) is 3. The van der Waals surface area contributed by atoms with E-state index in [1.807, 2.05) is 0 Å². The Labute approximate surface area is 149 Å². The van der Waals surface area contributed by atoms with E-state index in [9.17, 15) is 14.7 Å². The van der Waals surface area contributed by atoms with Crippen LogP contribution in [0.1, 0.15) is 97.4 Å². The molecule has 0 aliphatic heterocycles. The van der Waals surface area contributed by atoms with Crippen LogP contribution < -0.4 is 0 Å². The summed E-state index contributed by atoms with van der Waals surface area (Å²) in [6, 6.07) is 2.77. The molecule has 0 atom stereocenters. The van der Waals surface area contributed by atoms with Gasteiger partial charge in [0.25, 0.3) is 0 Å². The molecule has 0 unspecified atom stereocenters. The predicted molar refractivity (Wildman–Crippen MR) is 97.6 cm³/mol. The van der Waals surface area contributed by atoms with E-state index < -0.39 is 23.3 Å². The number of carboxylic acid groups (broad SMARTS) is 2. The topological polar surface area (TPSA) is 94.8 Å². The largest absolute Gasteiger partial charge is 0.507 e. The van der Waals surface area contributed by atoms with Crippen molar-refractivity contribution in [3.05, 3.63) is 28.8 Å². The predicted octanol–water partition coefficient (Wildman–Crippen LogP) is 5.25. The van der Waals surface area contributed by atoms with E-state index in [0.29, 0.717) is 12.0 Å². The Bertz CT molecular complexity index is 565. The Morgan fingerprint density at radius 1 is 0.800 bits per heavy atom. The van der Waals surface area contributed by atoms with Crippen LogP contribution in [0.2, 0.25) is 0 Å². The molecule has 3 N–H and O–H groups in total. The number of hydrogen-bond acceptors (Lipinski definition) is 3. The second-order valence-corrected chi connectivity index (χ2v) is 6.54. The highest BCUT2D eigenvalue weighted by Gasteiger charge is 2.22. The quantitative estimate of drug-likeness (QED) is 0.422. The molecule has 0 aliphatic carbocycles. The molecule has 0 saturated heterocycles. The first kappa shape index (κ1) is 21.0. The first-order chi connectivity index (χ1) is 12.0. The maximum absolute atomic E-state index is 11.2. The summed E-state index contributed by atoms with van der Waals surface area (Å²) < 4.78 is 0. The van der Waals surface area contributed by atoms with Crippen LogP contribution in [-0.2, 0) is 6.42 Å². The summed E-state index contributed by atoms with van der Waals surface area (Å²) >= 11 is 0. The van der Waals surface area contributed by atoms with Crippen LogP contribution in [0.3, 0.4) is 0 Å². The number of benzene rings is 1. The second kappa shape index (κ2) is 11.5. The van der Waals surface area contributed by atoms with Crippen molar-refractivity contribution in [3.63, 3.8) is 0 Å². The van der Waals surface area contributed by atoms with Crippen LogP contribution in [0.25, 0.3) is 0 Å². The molecule has 0 heterocycles. The van der Waals surface area contributed by atoms with Gasteiger partial charge < -0.3 is 15.3 Å². The van der Waals surface area contributed by atoms with E-state index in [0.717, 1.165) is 19.3 Å². The number of aromatic carboxylic acids is 2. The third-order valence-electron chi connectivity index (χ3n) is 4.51. The highest BCUT2D eigenvalue weighted by atomic mass is 16.4. The molecule has 0 radical (unpaired) electrons. The number of phenols is 1. The molecule has 0 bridgehead atoms. The van der Waals surface area contributed by atoms with Gasteiger partial charge in [0.1, 0.15) is 11.3 Å². The average molecular weight is 350 g/mol. The van der Waals surface area contributed by atoms with Gasteiger partial charge in [-0.1, -0.05) is 70.8 Å². The zero-order chi connectivity index (χ0) is 18.7. The number of rotatable bonds is 13. The molecule has 0 spiro atoms. The van der Waals surface area contributed by atoms with Gasteiger partial charge in [-0.3, -0.25) is 0 Å². The van der Waals surface area contributed by atoms with E-state index in [1.54, 1.807) is 0 Å². The fourth-order valence-corrected chi connectivity index (χ4v) is 3.03. The van der Waals surface area contributed by atoms with Crippen molar-refractivity contribution >= 4 is 11.9 Å². The van der Waals surface area contributed by atoms with Crippen molar-refractivity contribution in [2.45, 2.75) is 77.6 Å². The molecular formula is C20H30O5. The maximum Gasteiger partial charge on any atom is 0.340 e. The minimum atomic E-state index is -1.42. The van der Waals surface area contributed by atoms with Crippen molar-refractivity contribution < 1.29 is 24.9 Å². The molecule has 0 saturated carbocycles. The van der Waals surface area contributed by atoms with Crippen LogP contribution in [0.5, 0.6) is 5.75 Å². The van der Waals surface area contributed by atoms with Crippen molar-refractivity contribution in [1.82, 2.24) is 0 Å². The molecule has 140 valence electrons. The zero-order valence-corrected chi connectivity index (χ0v) is 15.1. The fraction of sp³-hybridized carbons (Fsp3) is 0.600. The van der Waals surface area contributed by atoms with Gasteiger partial charge in [0.15, 0.2) is 0 Å². The molecule has 1 aromatic carbocycles. The zero-order valence-electron chi connectivity index (χ0n) is 15.1. The van der Waals surface area contributed by atoms with Crippen molar-refractivity contribution in [2.24, 2.45) is 0 Å². The lowest BCUT2D eigenvalue weighted by Crippen LogP contribution is -2.09. The molecule has 0 fully saturated rings. The van der Waals surface area contributed by atoms with Gasteiger partial charge in [0.2, 0.25) is 0 Å². The van der Waals surface area contributed by atoms with Gasteiger partial charge in [0, 0.05) is 0 Å². The smallest absolute Gasteiger partial charge is 0.340 e. The number of aryl methyl sites for hydroxylation is 1. The third-order valence-corrected chi connectivity index (χ3v) is 4.51. The molecule has 25 heavy (non-hydrogen) atoms. The van der Waals surface area contributed by atoms with Gasteiger partial charge >= 0.3 is 11.9 Å². The highest BCUT2D eigenvalue weighted by Crippen LogP contribution is 2.28. The molecule has 0 aromatic heterocycles. The monoisotopic (exact) mass is 350 g/mol. The van der Waals surface area contributed by atoms with Crippen LogP contribution in [-0.4, -0.2) is 27.3 Å². The number of unbranched alkanes of at least 4 members (excludes halogenated alkanes) is 9. The van der Waals surface area contributed by atoms with Crippen LogP contribution in [0.4, 0.5) is 0 Å². The van der Waals surface area contributed by atoms with Gasteiger partial charge in [0.05, 0.1) is 5.56 Å².